The standard InChI is InChI=1S/C26H33N3O3.ClH/c1-3-29(20-12-14-32-15-13-20)24-11-7-10-22-21(24)9-6-4-5-8-19-16-18(2)28-26(31)23(19)17-27-25(22)30;/h4,6-7,10-11,16,20H,3,5,8-9,12-15,17H2,1-2H3,(H,27,30)(H,28,31);1H/b6-4+;. The maximum absolute atomic E-state index is 13.3. The third kappa shape index (κ3) is 5.68. The number of aromatic amines is 1. The Morgan fingerprint density at radius 1 is 1.12 bits per heavy atom. The van der Waals surface area contributed by atoms with Crippen LogP contribution in [0.2, 0.25) is 0 Å². The lowest BCUT2D eigenvalue weighted by Crippen LogP contribution is -2.40. The van der Waals surface area contributed by atoms with Gasteiger partial charge in [-0.25, -0.2) is 0 Å². The first-order valence-electron chi connectivity index (χ1n) is 11.7. The van der Waals surface area contributed by atoms with E-state index in [0.717, 1.165) is 68.0 Å². The molecule has 0 bridgehead atoms. The van der Waals surface area contributed by atoms with E-state index >= 15 is 0 Å². The Balaban J connectivity index is 0.00000306. The molecule has 0 atom stereocenters. The van der Waals surface area contributed by atoms with Crippen LogP contribution in [0.3, 0.4) is 0 Å². The molecule has 0 saturated carbocycles. The van der Waals surface area contributed by atoms with Crippen LogP contribution >= 0.6 is 12.4 Å². The highest BCUT2D eigenvalue weighted by molar-refractivity contribution is 5.97. The Morgan fingerprint density at radius 3 is 2.67 bits per heavy atom. The fraction of sp³-hybridized carbons (Fsp3) is 0.462. The molecule has 2 aliphatic heterocycles. The van der Waals surface area contributed by atoms with Gasteiger partial charge in [-0.3, -0.25) is 9.59 Å². The molecule has 1 aromatic carbocycles. The lowest BCUT2D eigenvalue weighted by Gasteiger charge is -2.37. The molecule has 1 aromatic heterocycles. The smallest absolute Gasteiger partial charge is 0.253 e. The topological polar surface area (TPSA) is 74.4 Å². The molecule has 6 nitrogen and oxygen atoms in total. The van der Waals surface area contributed by atoms with Crippen LogP contribution in [-0.4, -0.2) is 36.7 Å². The Morgan fingerprint density at radius 2 is 1.91 bits per heavy atom. The number of fused-ring (bicyclic) bond motifs is 2. The second-order valence-electron chi connectivity index (χ2n) is 8.61. The molecule has 0 spiro atoms. The van der Waals surface area contributed by atoms with Crippen molar-refractivity contribution in [3.05, 3.63) is 74.7 Å². The first kappa shape index (κ1) is 25.1. The summed E-state index contributed by atoms with van der Waals surface area (Å²) in [6, 6.07) is 8.43. The number of H-pyrrole nitrogens is 1. The van der Waals surface area contributed by atoms with Gasteiger partial charge in [-0.1, -0.05) is 18.2 Å². The fourth-order valence-corrected chi connectivity index (χ4v) is 4.92. The van der Waals surface area contributed by atoms with Crippen molar-refractivity contribution in [3.63, 3.8) is 0 Å². The number of ether oxygens (including phenoxy) is 1. The van der Waals surface area contributed by atoms with E-state index in [1.807, 2.05) is 25.1 Å². The van der Waals surface area contributed by atoms with Crippen LogP contribution in [0.1, 0.15) is 58.9 Å². The van der Waals surface area contributed by atoms with Crippen LogP contribution in [0.4, 0.5) is 5.69 Å². The maximum atomic E-state index is 13.3. The highest BCUT2D eigenvalue weighted by Gasteiger charge is 2.25. The van der Waals surface area contributed by atoms with Crippen molar-refractivity contribution in [3.8, 4) is 0 Å². The third-order valence-electron chi connectivity index (χ3n) is 6.54. The number of hydrogen-bond donors (Lipinski definition) is 2. The number of aryl methyl sites for hydroxylation is 2. The number of aromatic nitrogens is 1. The number of anilines is 1. The minimum Gasteiger partial charge on any atom is -0.381 e. The first-order valence-corrected chi connectivity index (χ1v) is 11.7. The molecule has 0 unspecified atom stereocenters. The highest BCUT2D eigenvalue weighted by atomic mass is 35.5. The minimum absolute atomic E-state index is 0. The molecule has 1 fully saturated rings. The number of hydrogen-bond acceptors (Lipinski definition) is 4. The van der Waals surface area contributed by atoms with Crippen LogP contribution in [0, 0.1) is 6.92 Å². The number of nitrogens with zero attached hydrogens (tertiary/aromatic N) is 1. The first-order chi connectivity index (χ1) is 15.6. The minimum atomic E-state index is -0.134. The third-order valence-corrected chi connectivity index (χ3v) is 6.54. The van der Waals surface area contributed by atoms with E-state index < -0.39 is 0 Å². The van der Waals surface area contributed by atoms with Crippen molar-refractivity contribution in [2.75, 3.05) is 24.7 Å². The number of nitrogens with one attached hydrogen (secondary N) is 2. The fourth-order valence-electron chi connectivity index (χ4n) is 4.92. The van der Waals surface area contributed by atoms with Crippen LogP contribution in [-0.2, 0) is 24.1 Å². The van der Waals surface area contributed by atoms with Gasteiger partial charge < -0.3 is 19.9 Å². The summed E-state index contributed by atoms with van der Waals surface area (Å²) >= 11 is 0. The van der Waals surface area contributed by atoms with E-state index in [1.54, 1.807) is 0 Å². The molecular formula is C26H34ClN3O3. The number of carbonyl (C=O) groups excluding carboxylic acids is 1. The molecule has 0 radical (unpaired) electrons. The molecule has 1 amide bonds. The van der Waals surface area contributed by atoms with Gasteiger partial charge in [0.1, 0.15) is 0 Å². The lowest BCUT2D eigenvalue weighted by atomic mass is 9.96. The van der Waals surface area contributed by atoms with Crippen molar-refractivity contribution < 1.29 is 9.53 Å². The van der Waals surface area contributed by atoms with Crippen molar-refractivity contribution >= 4 is 24.0 Å². The zero-order valence-electron chi connectivity index (χ0n) is 19.5. The number of pyridine rings is 1. The average Bonchev–Trinajstić information content (AvgIpc) is 2.79. The molecule has 33 heavy (non-hydrogen) atoms. The molecule has 7 heteroatoms. The summed E-state index contributed by atoms with van der Waals surface area (Å²) in [5, 5.41) is 3.02. The summed E-state index contributed by atoms with van der Waals surface area (Å²) in [7, 11) is 0. The van der Waals surface area contributed by atoms with Gasteiger partial charge in [0.25, 0.3) is 11.5 Å². The van der Waals surface area contributed by atoms with Crippen LogP contribution in [0.25, 0.3) is 0 Å². The summed E-state index contributed by atoms with van der Waals surface area (Å²) < 4.78 is 5.57. The second-order valence-corrected chi connectivity index (χ2v) is 8.61. The van der Waals surface area contributed by atoms with E-state index in [9.17, 15) is 9.59 Å². The zero-order valence-corrected chi connectivity index (χ0v) is 20.3. The maximum Gasteiger partial charge on any atom is 0.253 e. The Kier molecular flexibility index (Phi) is 8.75. The molecule has 4 rings (SSSR count). The van der Waals surface area contributed by atoms with Crippen molar-refractivity contribution in [1.29, 1.82) is 0 Å². The lowest BCUT2D eigenvalue weighted by molar-refractivity contribution is 0.0845. The summed E-state index contributed by atoms with van der Waals surface area (Å²) in [6.45, 7) is 6.74. The molecule has 2 N–H and O–H groups in total. The molecule has 2 aromatic rings. The molecule has 3 heterocycles. The zero-order chi connectivity index (χ0) is 22.5. The SMILES string of the molecule is CCN(c1cccc2c1C/C=C/CCc1cc(C)[nH]c(=O)c1CNC2=O)C1CCOCC1.Cl. The van der Waals surface area contributed by atoms with Gasteiger partial charge >= 0.3 is 0 Å². The van der Waals surface area contributed by atoms with Gasteiger partial charge in [-0.15, -0.1) is 12.4 Å². The normalized spacial score (nSPS) is 17.9. The van der Waals surface area contributed by atoms with E-state index in [2.05, 4.69) is 40.3 Å². The predicted molar refractivity (Wildman–Crippen MR) is 135 cm³/mol. The molecule has 1 saturated heterocycles. The summed E-state index contributed by atoms with van der Waals surface area (Å²) in [4.78, 5) is 31.1. The van der Waals surface area contributed by atoms with E-state index in [0.29, 0.717) is 23.6 Å². The summed E-state index contributed by atoms with van der Waals surface area (Å²) in [6.07, 6.45) is 8.68. The summed E-state index contributed by atoms with van der Waals surface area (Å²) in [5.74, 6) is -0.134. The molecule has 0 aliphatic carbocycles. The van der Waals surface area contributed by atoms with E-state index in [-0.39, 0.29) is 30.4 Å². The molecule has 2 aliphatic rings. The van der Waals surface area contributed by atoms with Gasteiger partial charge in [0.05, 0.1) is 0 Å². The van der Waals surface area contributed by atoms with Crippen LogP contribution in [0.15, 0.2) is 41.2 Å². The van der Waals surface area contributed by atoms with Crippen molar-refractivity contribution in [2.24, 2.45) is 0 Å². The quantitative estimate of drug-likeness (QED) is 0.661. The number of halogens is 1. The van der Waals surface area contributed by atoms with Gasteiger partial charge in [0, 0.05) is 54.9 Å². The van der Waals surface area contributed by atoms with Gasteiger partial charge in [0.15, 0.2) is 0 Å². The predicted octanol–water partition coefficient (Wildman–Crippen LogP) is 4.09. The van der Waals surface area contributed by atoms with Crippen molar-refractivity contribution in [2.45, 2.75) is 58.5 Å². The Hall–Kier alpha value is -2.57. The van der Waals surface area contributed by atoms with Gasteiger partial charge in [-0.2, -0.15) is 0 Å². The van der Waals surface area contributed by atoms with E-state index in [1.165, 1.54) is 0 Å². The molecule has 178 valence electrons. The van der Waals surface area contributed by atoms with Crippen LogP contribution < -0.4 is 15.8 Å². The monoisotopic (exact) mass is 471 g/mol. The number of rotatable bonds is 3. The largest absolute Gasteiger partial charge is 0.381 e. The highest BCUT2D eigenvalue weighted by Crippen LogP contribution is 2.30. The second kappa shape index (κ2) is 11.5. The Bertz CT molecular complexity index is 1060. The van der Waals surface area contributed by atoms with E-state index in [4.69, 9.17) is 4.74 Å². The van der Waals surface area contributed by atoms with Gasteiger partial charge in [0.2, 0.25) is 0 Å². The number of benzene rings is 1. The summed E-state index contributed by atoms with van der Waals surface area (Å²) in [5.41, 5.74) is 5.24. The number of amides is 1. The van der Waals surface area contributed by atoms with Crippen LogP contribution in [0.5, 0.6) is 0 Å². The average molecular weight is 472 g/mol. The van der Waals surface area contributed by atoms with Gasteiger partial charge in [-0.05, 0) is 75.3 Å². The number of carbonyl (C=O) groups is 1. The molecular weight excluding hydrogens is 438 g/mol. The van der Waals surface area contributed by atoms with Crippen molar-refractivity contribution in [1.82, 2.24) is 10.3 Å². The Labute approximate surface area is 201 Å². The number of allylic oxidation sites excluding steroid dienone is 2.